The summed E-state index contributed by atoms with van der Waals surface area (Å²) in [5.74, 6) is 7.37. The number of hydrazine groups is 1. The second kappa shape index (κ2) is 5.73. The van der Waals surface area contributed by atoms with Crippen LogP contribution >= 0.6 is 0 Å². The minimum absolute atomic E-state index is 0.191. The molecule has 1 amide bonds. The highest BCUT2D eigenvalue weighted by molar-refractivity contribution is 5.94. The van der Waals surface area contributed by atoms with Gasteiger partial charge in [-0.2, -0.15) is 0 Å². The first-order chi connectivity index (χ1) is 11.6. The van der Waals surface area contributed by atoms with Gasteiger partial charge in [-0.1, -0.05) is 31.6 Å². The summed E-state index contributed by atoms with van der Waals surface area (Å²) in [5, 5.41) is 0. The first-order valence-corrected chi connectivity index (χ1v) is 9.41. The van der Waals surface area contributed by atoms with Gasteiger partial charge < -0.3 is 0 Å². The maximum Gasteiger partial charge on any atom is 0.265 e. The van der Waals surface area contributed by atoms with E-state index in [2.05, 4.69) is 37.5 Å². The number of allylic oxidation sites excluding steroid dienone is 2. The zero-order valence-electron chi connectivity index (χ0n) is 14.8. The summed E-state index contributed by atoms with van der Waals surface area (Å²) >= 11 is 0. The van der Waals surface area contributed by atoms with E-state index in [-0.39, 0.29) is 5.91 Å². The number of carbonyl (C=O) groups is 1. The first-order valence-electron chi connectivity index (χ1n) is 9.41. The molecule has 0 aromatic heterocycles. The molecule has 1 saturated carbocycles. The van der Waals surface area contributed by atoms with Crippen LogP contribution in [0.25, 0.3) is 0 Å². The standard InChI is InChI=1S/C21H28N2O/c1-3-15-6-9-19-18-8-4-13-12-14(20(24)23-22)5-7-16(13)17(18)10-11-21(15,19)2/h5-7,12,17-19H,3-4,8-11,22H2,1-2H3,(H,23,24). The molecule has 0 bridgehead atoms. The van der Waals surface area contributed by atoms with Crippen LogP contribution in [0.5, 0.6) is 0 Å². The molecular weight excluding hydrogens is 296 g/mol. The van der Waals surface area contributed by atoms with Crippen LogP contribution in [0.2, 0.25) is 0 Å². The smallest absolute Gasteiger partial charge is 0.265 e. The summed E-state index contributed by atoms with van der Waals surface area (Å²) in [4.78, 5) is 11.8. The predicted octanol–water partition coefficient (Wildman–Crippen LogP) is 4.09. The molecule has 3 nitrogen and oxygen atoms in total. The van der Waals surface area contributed by atoms with Crippen LogP contribution in [-0.4, -0.2) is 5.91 Å². The van der Waals surface area contributed by atoms with Crippen LogP contribution in [-0.2, 0) is 6.42 Å². The van der Waals surface area contributed by atoms with E-state index < -0.39 is 0 Å². The molecule has 0 radical (unpaired) electrons. The SMILES string of the molecule is CCC1=CCC2C3CCc4cc(C(=O)NN)ccc4C3CCC12C. The maximum absolute atomic E-state index is 11.8. The average molecular weight is 324 g/mol. The molecule has 4 rings (SSSR count). The van der Waals surface area contributed by atoms with Gasteiger partial charge in [0.05, 0.1) is 0 Å². The predicted molar refractivity (Wildman–Crippen MR) is 96.5 cm³/mol. The van der Waals surface area contributed by atoms with Crippen molar-refractivity contribution in [3.8, 4) is 0 Å². The molecule has 0 heterocycles. The molecule has 1 aromatic rings. The lowest BCUT2D eigenvalue weighted by molar-refractivity contribution is 0.0735. The van der Waals surface area contributed by atoms with Gasteiger partial charge in [0.15, 0.2) is 0 Å². The van der Waals surface area contributed by atoms with Crippen molar-refractivity contribution in [1.29, 1.82) is 0 Å². The van der Waals surface area contributed by atoms with Crippen LogP contribution in [0.15, 0.2) is 29.8 Å². The Morgan fingerprint density at radius 1 is 1.38 bits per heavy atom. The molecule has 1 fully saturated rings. The Hall–Kier alpha value is -1.61. The highest BCUT2D eigenvalue weighted by Gasteiger charge is 2.51. The van der Waals surface area contributed by atoms with Gasteiger partial charge in [0.1, 0.15) is 0 Å². The number of carbonyl (C=O) groups excluding carboxylic acids is 1. The molecule has 4 atom stereocenters. The Morgan fingerprint density at radius 2 is 2.21 bits per heavy atom. The number of nitrogens with one attached hydrogen (secondary N) is 1. The highest BCUT2D eigenvalue weighted by Crippen LogP contribution is 2.61. The van der Waals surface area contributed by atoms with Gasteiger partial charge in [-0.25, -0.2) is 5.84 Å². The van der Waals surface area contributed by atoms with Crippen molar-refractivity contribution in [3.63, 3.8) is 0 Å². The maximum atomic E-state index is 11.8. The monoisotopic (exact) mass is 324 g/mol. The van der Waals surface area contributed by atoms with Gasteiger partial charge in [-0.05, 0) is 85.0 Å². The zero-order chi connectivity index (χ0) is 16.9. The highest BCUT2D eigenvalue weighted by atomic mass is 16.2. The zero-order valence-corrected chi connectivity index (χ0v) is 14.8. The minimum Gasteiger partial charge on any atom is -0.290 e. The largest absolute Gasteiger partial charge is 0.290 e. The molecule has 3 aliphatic carbocycles. The lowest BCUT2D eigenvalue weighted by Gasteiger charge is -2.50. The second-order valence-electron chi connectivity index (χ2n) is 8.08. The number of rotatable bonds is 2. The molecule has 3 heteroatoms. The molecule has 4 unspecified atom stereocenters. The lowest BCUT2D eigenvalue weighted by atomic mass is 9.54. The fourth-order valence-corrected chi connectivity index (χ4v) is 6.01. The Kier molecular flexibility index (Phi) is 3.80. The summed E-state index contributed by atoms with van der Waals surface area (Å²) in [5.41, 5.74) is 7.93. The van der Waals surface area contributed by atoms with Crippen LogP contribution < -0.4 is 11.3 Å². The third-order valence-electron chi connectivity index (χ3n) is 7.24. The molecule has 3 N–H and O–H groups in total. The fraction of sp³-hybridized carbons (Fsp3) is 0.571. The molecule has 128 valence electrons. The first kappa shape index (κ1) is 15.9. The van der Waals surface area contributed by atoms with Gasteiger partial charge in [0, 0.05) is 5.56 Å². The van der Waals surface area contributed by atoms with E-state index in [1.54, 1.807) is 5.57 Å². The van der Waals surface area contributed by atoms with E-state index in [0.29, 0.717) is 16.9 Å². The topological polar surface area (TPSA) is 55.1 Å². The van der Waals surface area contributed by atoms with Gasteiger partial charge >= 0.3 is 0 Å². The van der Waals surface area contributed by atoms with Crippen molar-refractivity contribution in [1.82, 2.24) is 5.43 Å². The number of benzene rings is 1. The van der Waals surface area contributed by atoms with Gasteiger partial charge in [0.25, 0.3) is 5.91 Å². The van der Waals surface area contributed by atoms with Crippen LogP contribution in [0.3, 0.4) is 0 Å². The number of hydrogen-bond acceptors (Lipinski definition) is 2. The van der Waals surface area contributed by atoms with Crippen molar-refractivity contribution >= 4 is 5.91 Å². The molecule has 3 aliphatic rings. The molecule has 0 aliphatic heterocycles. The third kappa shape index (κ3) is 2.17. The Labute approximate surface area is 144 Å². The van der Waals surface area contributed by atoms with Gasteiger partial charge in [-0.3, -0.25) is 10.2 Å². The van der Waals surface area contributed by atoms with E-state index >= 15 is 0 Å². The Bertz CT molecular complexity index is 708. The van der Waals surface area contributed by atoms with Crippen molar-refractivity contribution in [2.45, 2.75) is 58.3 Å². The summed E-state index contributed by atoms with van der Waals surface area (Å²) in [7, 11) is 0. The molecule has 1 aromatic carbocycles. The van der Waals surface area contributed by atoms with Crippen molar-refractivity contribution in [2.24, 2.45) is 23.1 Å². The minimum atomic E-state index is -0.191. The van der Waals surface area contributed by atoms with Crippen LogP contribution in [0.1, 0.15) is 73.4 Å². The summed E-state index contributed by atoms with van der Waals surface area (Å²) in [6.45, 7) is 4.83. The lowest BCUT2D eigenvalue weighted by Crippen LogP contribution is -2.41. The van der Waals surface area contributed by atoms with E-state index in [1.165, 1.54) is 43.2 Å². The molecular formula is C21H28N2O. The quantitative estimate of drug-likeness (QED) is 0.372. The molecule has 0 saturated heterocycles. The van der Waals surface area contributed by atoms with Gasteiger partial charge in [0.2, 0.25) is 0 Å². The van der Waals surface area contributed by atoms with Crippen molar-refractivity contribution < 1.29 is 4.79 Å². The van der Waals surface area contributed by atoms with Crippen molar-refractivity contribution in [2.75, 3.05) is 0 Å². The van der Waals surface area contributed by atoms with Crippen LogP contribution in [0, 0.1) is 17.3 Å². The number of hydrogen-bond donors (Lipinski definition) is 2. The summed E-state index contributed by atoms with van der Waals surface area (Å²) in [6, 6.07) is 6.20. The Balaban J connectivity index is 1.65. The van der Waals surface area contributed by atoms with Crippen molar-refractivity contribution in [3.05, 3.63) is 46.5 Å². The van der Waals surface area contributed by atoms with E-state index in [4.69, 9.17) is 5.84 Å². The van der Waals surface area contributed by atoms with E-state index in [1.807, 2.05) is 6.07 Å². The van der Waals surface area contributed by atoms with E-state index in [9.17, 15) is 4.79 Å². The van der Waals surface area contributed by atoms with E-state index in [0.717, 1.165) is 18.3 Å². The number of nitrogen functional groups attached to an aromatic ring is 1. The van der Waals surface area contributed by atoms with Gasteiger partial charge in [-0.15, -0.1) is 0 Å². The normalized spacial score (nSPS) is 34.0. The number of nitrogens with two attached hydrogens (primary N) is 1. The molecule has 24 heavy (non-hydrogen) atoms. The average Bonchev–Trinajstić information content (AvgIpc) is 2.96. The number of aryl methyl sites for hydroxylation is 1. The van der Waals surface area contributed by atoms with Crippen LogP contribution in [0.4, 0.5) is 0 Å². The summed E-state index contributed by atoms with van der Waals surface area (Å²) in [6.07, 6.45) is 9.96. The summed E-state index contributed by atoms with van der Waals surface area (Å²) < 4.78 is 0. The number of amides is 1. The third-order valence-corrected chi connectivity index (χ3v) is 7.24. The second-order valence-corrected chi connectivity index (χ2v) is 8.08. The fourth-order valence-electron chi connectivity index (χ4n) is 6.01. The number of fused-ring (bicyclic) bond motifs is 5. The molecule has 0 spiro atoms. The Morgan fingerprint density at radius 3 is 2.96 bits per heavy atom.